The molecule has 130 valence electrons. The summed E-state index contributed by atoms with van der Waals surface area (Å²) in [6.45, 7) is 4.32. The van der Waals surface area contributed by atoms with Crippen molar-refractivity contribution in [3.63, 3.8) is 0 Å². The van der Waals surface area contributed by atoms with E-state index in [4.69, 9.17) is 0 Å². The van der Waals surface area contributed by atoms with Crippen LogP contribution in [0, 0.1) is 0 Å². The quantitative estimate of drug-likeness (QED) is 0.874. The van der Waals surface area contributed by atoms with Gasteiger partial charge in [0.1, 0.15) is 0 Å². The van der Waals surface area contributed by atoms with Crippen molar-refractivity contribution in [3.8, 4) is 0 Å². The highest BCUT2D eigenvalue weighted by Gasteiger charge is 2.29. The Morgan fingerprint density at radius 3 is 2.80 bits per heavy atom. The molecule has 0 aliphatic carbocycles. The third-order valence-electron chi connectivity index (χ3n) is 5.17. The summed E-state index contributed by atoms with van der Waals surface area (Å²) < 4.78 is 0. The second-order valence-electron chi connectivity index (χ2n) is 6.74. The molecule has 1 saturated heterocycles. The maximum Gasteiger partial charge on any atom is 0.254 e. The summed E-state index contributed by atoms with van der Waals surface area (Å²) >= 11 is 0. The molecule has 1 aromatic carbocycles. The Bertz CT molecular complexity index is 747. The highest BCUT2D eigenvalue weighted by molar-refractivity contribution is 5.95. The molecule has 25 heavy (non-hydrogen) atoms. The van der Waals surface area contributed by atoms with Crippen LogP contribution < -0.4 is 10.6 Å². The molecule has 2 aromatic rings. The molecule has 5 heteroatoms. The molecule has 2 aliphatic rings. The Hall–Kier alpha value is -2.24. The van der Waals surface area contributed by atoms with Gasteiger partial charge in [0.2, 0.25) is 0 Å². The number of rotatable bonds is 2. The third kappa shape index (κ3) is 3.43. The van der Waals surface area contributed by atoms with Crippen molar-refractivity contribution >= 4 is 5.91 Å². The van der Waals surface area contributed by atoms with E-state index in [2.05, 4.69) is 27.8 Å². The molecule has 1 amide bonds. The number of carbonyl (C=O) groups is 1. The molecule has 1 atom stereocenters. The average Bonchev–Trinajstić information content (AvgIpc) is 2.93. The van der Waals surface area contributed by atoms with E-state index in [1.807, 2.05) is 29.3 Å². The predicted molar refractivity (Wildman–Crippen MR) is 97.6 cm³/mol. The van der Waals surface area contributed by atoms with Crippen LogP contribution in [0.15, 0.2) is 42.7 Å². The molecule has 0 spiro atoms. The normalized spacial score (nSPS) is 20.6. The number of carbonyl (C=O) groups excluding carboxylic acids is 1. The van der Waals surface area contributed by atoms with Gasteiger partial charge in [-0.05, 0) is 60.8 Å². The summed E-state index contributed by atoms with van der Waals surface area (Å²) in [6.07, 6.45) is 5.66. The number of aromatic nitrogens is 1. The highest BCUT2D eigenvalue weighted by atomic mass is 16.2. The van der Waals surface area contributed by atoms with Crippen LogP contribution in [0.4, 0.5) is 0 Å². The number of nitrogens with one attached hydrogen (secondary N) is 2. The smallest absolute Gasteiger partial charge is 0.254 e. The first-order chi connectivity index (χ1) is 12.3. The van der Waals surface area contributed by atoms with Gasteiger partial charge in [0.15, 0.2) is 0 Å². The van der Waals surface area contributed by atoms with Crippen molar-refractivity contribution in [2.75, 3.05) is 32.7 Å². The van der Waals surface area contributed by atoms with Gasteiger partial charge in [-0.25, -0.2) is 0 Å². The van der Waals surface area contributed by atoms with E-state index in [1.54, 1.807) is 6.20 Å². The number of fused-ring (bicyclic) bond motifs is 1. The van der Waals surface area contributed by atoms with E-state index in [1.165, 1.54) is 11.1 Å². The number of piperazine rings is 1. The number of benzene rings is 1. The molecule has 1 fully saturated rings. The molecular weight excluding hydrogens is 312 g/mol. The van der Waals surface area contributed by atoms with Gasteiger partial charge < -0.3 is 15.5 Å². The van der Waals surface area contributed by atoms with Crippen LogP contribution in [-0.2, 0) is 12.8 Å². The number of nitrogens with zero attached hydrogens (tertiary/aromatic N) is 2. The van der Waals surface area contributed by atoms with Gasteiger partial charge in [0, 0.05) is 37.6 Å². The summed E-state index contributed by atoms with van der Waals surface area (Å²) in [5, 5.41) is 6.82. The maximum absolute atomic E-state index is 13.2. The Labute approximate surface area is 148 Å². The minimum Gasteiger partial charge on any atom is -0.329 e. The van der Waals surface area contributed by atoms with Gasteiger partial charge in [-0.2, -0.15) is 0 Å². The largest absolute Gasteiger partial charge is 0.329 e. The van der Waals surface area contributed by atoms with Crippen molar-refractivity contribution in [2.24, 2.45) is 0 Å². The predicted octanol–water partition coefficient (Wildman–Crippen LogP) is 1.56. The Balaban J connectivity index is 1.61. The fraction of sp³-hybridized carbons (Fsp3) is 0.400. The molecule has 0 radical (unpaired) electrons. The van der Waals surface area contributed by atoms with Gasteiger partial charge in [-0.1, -0.05) is 12.1 Å². The number of pyridine rings is 1. The molecule has 0 bridgehead atoms. The lowest BCUT2D eigenvalue weighted by Crippen LogP contribution is -2.48. The lowest BCUT2D eigenvalue weighted by molar-refractivity contribution is 0.0634. The van der Waals surface area contributed by atoms with Crippen molar-refractivity contribution in [2.45, 2.75) is 18.9 Å². The molecule has 2 N–H and O–H groups in total. The van der Waals surface area contributed by atoms with Crippen molar-refractivity contribution in [1.29, 1.82) is 0 Å². The minimum absolute atomic E-state index is 0.0374. The van der Waals surface area contributed by atoms with Gasteiger partial charge >= 0.3 is 0 Å². The first-order valence-corrected chi connectivity index (χ1v) is 9.07. The lowest BCUT2D eigenvalue weighted by atomic mass is 9.98. The number of hydrogen-bond donors (Lipinski definition) is 2. The number of amides is 1. The van der Waals surface area contributed by atoms with Crippen LogP contribution >= 0.6 is 0 Å². The van der Waals surface area contributed by atoms with E-state index in [9.17, 15) is 4.79 Å². The van der Waals surface area contributed by atoms with Crippen LogP contribution in [0.3, 0.4) is 0 Å². The zero-order valence-corrected chi connectivity index (χ0v) is 14.4. The minimum atomic E-state index is 0.0374. The molecule has 0 saturated carbocycles. The first kappa shape index (κ1) is 16.2. The monoisotopic (exact) mass is 336 g/mol. The summed E-state index contributed by atoms with van der Waals surface area (Å²) in [6, 6.07) is 10.3. The summed E-state index contributed by atoms with van der Waals surface area (Å²) in [7, 11) is 0. The zero-order valence-electron chi connectivity index (χ0n) is 14.4. The van der Waals surface area contributed by atoms with Crippen molar-refractivity contribution in [1.82, 2.24) is 20.5 Å². The van der Waals surface area contributed by atoms with Gasteiger partial charge in [-0.15, -0.1) is 0 Å². The van der Waals surface area contributed by atoms with Crippen molar-refractivity contribution < 1.29 is 4.79 Å². The van der Waals surface area contributed by atoms with Crippen LogP contribution in [0.25, 0.3) is 0 Å². The summed E-state index contributed by atoms with van der Waals surface area (Å²) in [5.41, 5.74) is 4.56. The highest BCUT2D eigenvalue weighted by Crippen LogP contribution is 2.25. The fourth-order valence-electron chi connectivity index (χ4n) is 3.79. The van der Waals surface area contributed by atoms with Crippen molar-refractivity contribution in [3.05, 3.63) is 65.0 Å². The fourth-order valence-corrected chi connectivity index (χ4v) is 3.79. The van der Waals surface area contributed by atoms with Gasteiger partial charge in [-0.3, -0.25) is 9.78 Å². The lowest BCUT2D eigenvalue weighted by Gasteiger charge is -2.36. The third-order valence-corrected chi connectivity index (χ3v) is 5.17. The molecule has 2 aliphatic heterocycles. The van der Waals surface area contributed by atoms with E-state index < -0.39 is 0 Å². The molecular formula is C20H24N4O. The van der Waals surface area contributed by atoms with E-state index in [0.717, 1.165) is 56.7 Å². The van der Waals surface area contributed by atoms with E-state index in [-0.39, 0.29) is 11.9 Å². The summed E-state index contributed by atoms with van der Waals surface area (Å²) in [5.74, 6) is 0.121. The van der Waals surface area contributed by atoms with Crippen LogP contribution in [0.2, 0.25) is 0 Å². The zero-order chi connectivity index (χ0) is 17.1. The molecule has 3 heterocycles. The van der Waals surface area contributed by atoms with Gasteiger partial charge in [0.05, 0.1) is 6.04 Å². The Kier molecular flexibility index (Phi) is 4.76. The van der Waals surface area contributed by atoms with Crippen LogP contribution in [0.1, 0.15) is 33.1 Å². The Morgan fingerprint density at radius 2 is 1.96 bits per heavy atom. The standard InChI is InChI=1S/C20H24N4O/c25-20(17-4-3-15-5-8-21-9-6-16(15)12-17)24-11-10-23-14-19(24)18-2-1-7-22-13-18/h1-4,7,12-13,19,21,23H,5-6,8-11,14H2. The SMILES string of the molecule is O=C(c1ccc2c(c1)CCNCC2)N1CCNCC1c1cccnc1. The molecule has 1 unspecified atom stereocenters. The molecule has 5 nitrogen and oxygen atoms in total. The second kappa shape index (κ2) is 7.33. The average molecular weight is 336 g/mol. The topological polar surface area (TPSA) is 57.3 Å². The van der Waals surface area contributed by atoms with E-state index in [0.29, 0.717) is 0 Å². The maximum atomic E-state index is 13.2. The summed E-state index contributed by atoms with van der Waals surface area (Å²) in [4.78, 5) is 19.4. The van der Waals surface area contributed by atoms with Crippen LogP contribution in [-0.4, -0.2) is 48.5 Å². The Morgan fingerprint density at radius 1 is 1.08 bits per heavy atom. The van der Waals surface area contributed by atoms with E-state index >= 15 is 0 Å². The van der Waals surface area contributed by atoms with Crippen LogP contribution in [0.5, 0.6) is 0 Å². The second-order valence-corrected chi connectivity index (χ2v) is 6.74. The number of hydrogen-bond acceptors (Lipinski definition) is 4. The van der Waals surface area contributed by atoms with Gasteiger partial charge in [0.25, 0.3) is 5.91 Å². The molecule has 4 rings (SSSR count). The molecule has 1 aromatic heterocycles. The first-order valence-electron chi connectivity index (χ1n) is 9.07.